The van der Waals surface area contributed by atoms with E-state index in [0.29, 0.717) is 16.2 Å². The predicted octanol–water partition coefficient (Wildman–Crippen LogP) is 31.7. The average Bonchev–Trinajstić information content (AvgIpc) is 2.00. The summed E-state index contributed by atoms with van der Waals surface area (Å²) in [6.45, 7) is 60.2. The summed E-state index contributed by atoms with van der Waals surface area (Å²) in [7, 11) is 0. The lowest BCUT2D eigenvalue weighted by Crippen LogP contribution is -2.44. The van der Waals surface area contributed by atoms with Crippen LogP contribution in [0.4, 0.5) is 0 Å². The van der Waals surface area contributed by atoms with Crippen molar-refractivity contribution in [2.24, 2.45) is 110 Å². The zero-order valence-electron chi connectivity index (χ0n) is 66.7. The number of rotatable bonds is 4. The summed E-state index contributed by atoms with van der Waals surface area (Å²) < 4.78 is 0. The van der Waals surface area contributed by atoms with Crippen molar-refractivity contribution in [1.29, 1.82) is 0 Å². The Labute approximate surface area is 557 Å². The molecule has 0 spiro atoms. The van der Waals surface area contributed by atoms with Crippen molar-refractivity contribution in [3.63, 3.8) is 0 Å². The van der Waals surface area contributed by atoms with Gasteiger partial charge < -0.3 is 0 Å². The lowest BCUT2D eigenvalue weighted by Gasteiger charge is -2.55. The van der Waals surface area contributed by atoms with Gasteiger partial charge in [0.05, 0.1) is 0 Å². The second-order valence-electron chi connectivity index (χ2n) is 36.6. The second kappa shape index (κ2) is 51.4. The smallest absolute Gasteiger partial charge is 0.0318 e. The Hall–Kier alpha value is 0. The summed E-state index contributed by atoms with van der Waals surface area (Å²) in [5, 5.41) is 0. The maximum absolute atomic E-state index is 2.54. The molecule has 13 aliphatic rings. The summed E-state index contributed by atoms with van der Waals surface area (Å²) in [5.41, 5.74) is 2.54. The molecule has 0 heteroatoms. The first kappa shape index (κ1) is 89.1. The Balaban J connectivity index is 0. The Bertz CT molecular complexity index is 1380. The van der Waals surface area contributed by atoms with Gasteiger partial charge in [0.15, 0.2) is 0 Å². The van der Waals surface area contributed by atoms with Crippen molar-refractivity contribution < 1.29 is 0 Å². The number of fused-ring (bicyclic) bond motifs is 4. The Morgan fingerprint density at radius 3 is 0.839 bits per heavy atom. The molecule has 13 saturated carbocycles. The topological polar surface area (TPSA) is 0 Å². The summed E-state index contributed by atoms with van der Waals surface area (Å²) in [4.78, 5) is 0. The zero-order valence-corrected chi connectivity index (χ0v) is 66.7. The molecule has 13 fully saturated rings. The SMILES string of the molecule is CC.CC.CC(C)(C)C.CC(C)C.CC1(C)CCCC1.CC12CC3CC(CC(C3)C1)C2.CC1CC2CCC1C2.CC1CCCC1.CC1CCCCC1.CCC(C)(C)C.CCC(C)C.CCC1CC2CCC1C2.CCC1CCCC1.CCC1CCCCC1. The summed E-state index contributed by atoms with van der Waals surface area (Å²) >= 11 is 0. The van der Waals surface area contributed by atoms with Crippen LogP contribution in [0, 0.1) is 110 Å². The quantitative estimate of drug-likeness (QED) is 0.263. The minimum atomic E-state index is 0.500. The van der Waals surface area contributed by atoms with Gasteiger partial charge in [0.1, 0.15) is 0 Å². The molecule has 0 aromatic heterocycles. The van der Waals surface area contributed by atoms with Crippen LogP contribution in [0.1, 0.15) is 450 Å². The van der Waals surface area contributed by atoms with Crippen molar-refractivity contribution in [2.45, 2.75) is 450 Å². The molecule has 13 rings (SSSR count). The van der Waals surface area contributed by atoms with Crippen LogP contribution in [-0.4, -0.2) is 0 Å². The van der Waals surface area contributed by atoms with E-state index < -0.39 is 0 Å². The molecular weight excluding hydrogens is 1040 g/mol. The minimum absolute atomic E-state index is 0.500. The van der Waals surface area contributed by atoms with Crippen LogP contribution in [0.5, 0.6) is 0 Å². The van der Waals surface area contributed by atoms with Crippen molar-refractivity contribution >= 4 is 0 Å². The molecule has 0 aliphatic heterocycles. The first-order valence-corrected chi connectivity index (χ1v) is 40.9. The molecule has 6 atom stereocenters. The van der Waals surface area contributed by atoms with Crippen molar-refractivity contribution in [2.75, 3.05) is 0 Å². The van der Waals surface area contributed by atoms with E-state index in [2.05, 4.69) is 159 Å². The molecule has 0 heterocycles. The fraction of sp³-hybridized carbons (Fsp3) is 1.00. The van der Waals surface area contributed by atoms with Gasteiger partial charge in [-0.25, -0.2) is 0 Å². The highest BCUT2D eigenvalue weighted by molar-refractivity contribution is 4.99. The van der Waals surface area contributed by atoms with Crippen molar-refractivity contribution in [3.05, 3.63) is 0 Å². The molecule has 0 nitrogen and oxygen atoms in total. The molecule has 0 saturated heterocycles. The van der Waals surface area contributed by atoms with Gasteiger partial charge >= 0.3 is 0 Å². The van der Waals surface area contributed by atoms with Crippen molar-refractivity contribution in [1.82, 2.24) is 0 Å². The van der Waals surface area contributed by atoms with Gasteiger partial charge in [-0.2, -0.15) is 0 Å². The van der Waals surface area contributed by atoms with E-state index in [1.807, 2.05) is 27.7 Å². The van der Waals surface area contributed by atoms with Crippen molar-refractivity contribution in [3.8, 4) is 0 Å². The normalized spacial score (nSPS) is 30.2. The molecule has 0 aromatic carbocycles. The van der Waals surface area contributed by atoms with Gasteiger partial charge in [0, 0.05) is 0 Å². The monoisotopic (exact) mass is 1220 g/mol. The molecule has 0 aromatic rings. The standard InChI is InChI=1S/C11H18.C9H16.C8H14.C8H16.3C7H14.C6H12.C6H14.2C5H12.C4H10.2C2H6/c1-11-5-8-2-9(6-11)4-10(3-8)7-11;1-2-8-5-7-3-4-9(8)6-7;1-6-4-7-2-3-8(6)5-7;1-2-8-6-4-3-5-7-8;1-7(2)5-3-4-6-7;1-7-5-3-2-4-6-7;1-2-7-5-3-4-6-7;1-6-4-2-3-5-6;1-5-6(2,3)4;1-5(2,3)4;1-4-5(2)3;1-4(2)3;2*1-2/h8-10H,2-7H2,1H3;7-9H,2-6H2,1H3;6-8H,2-5H2,1H3;8H,2-7H2,1H3;3-6H2,1-2H3;2*7H,2-6H2,1H3;6H,2-5H2,1H3;5H2,1-4H3;1-4H3;5H,4H2,1-3H3;4H,1-3H3;2*1-2H3. The molecule has 87 heavy (non-hydrogen) atoms. The Morgan fingerprint density at radius 1 is 0.379 bits per heavy atom. The van der Waals surface area contributed by atoms with Crippen LogP contribution in [-0.2, 0) is 0 Å². The van der Waals surface area contributed by atoms with E-state index >= 15 is 0 Å². The fourth-order valence-corrected chi connectivity index (χ4v) is 16.8. The maximum atomic E-state index is 2.54. The highest BCUT2D eigenvalue weighted by Gasteiger charge is 2.48. The molecule has 0 N–H and O–H groups in total. The van der Waals surface area contributed by atoms with Gasteiger partial charge in [-0.15, -0.1) is 0 Å². The third kappa shape index (κ3) is 49.3. The number of hydrogen-bond acceptors (Lipinski definition) is 0. The maximum Gasteiger partial charge on any atom is -0.0318 e. The van der Waals surface area contributed by atoms with E-state index in [9.17, 15) is 0 Å². The summed E-state index contributed by atoms with van der Waals surface area (Å²) in [6, 6.07) is 0. The lowest BCUT2D eigenvalue weighted by atomic mass is 9.50. The molecule has 6 unspecified atom stereocenters. The van der Waals surface area contributed by atoms with Gasteiger partial charge in [0.2, 0.25) is 0 Å². The van der Waals surface area contributed by atoms with Crippen LogP contribution >= 0.6 is 0 Å². The molecular formula is C87H178. The van der Waals surface area contributed by atoms with Crippen LogP contribution in [0.25, 0.3) is 0 Å². The third-order valence-electron chi connectivity index (χ3n) is 22.6. The molecule has 8 bridgehead atoms. The Morgan fingerprint density at radius 2 is 0.690 bits per heavy atom. The van der Waals surface area contributed by atoms with Crippen LogP contribution < -0.4 is 0 Å². The molecule has 0 radical (unpaired) electrons. The van der Waals surface area contributed by atoms with Gasteiger partial charge in [-0.3, -0.25) is 0 Å². The van der Waals surface area contributed by atoms with E-state index in [1.165, 1.54) is 173 Å². The minimum Gasteiger partial charge on any atom is -0.0683 e. The molecule has 526 valence electrons. The summed E-state index contributed by atoms with van der Waals surface area (Å²) in [6.07, 6.45) is 61.6. The summed E-state index contributed by atoms with van der Waals surface area (Å²) in [5.74, 6) is 16.2. The highest BCUT2D eigenvalue weighted by Crippen LogP contribution is 2.59. The fourth-order valence-electron chi connectivity index (χ4n) is 16.8. The van der Waals surface area contributed by atoms with Crippen LogP contribution in [0.2, 0.25) is 0 Å². The first-order valence-electron chi connectivity index (χ1n) is 40.9. The van der Waals surface area contributed by atoms with E-state index in [1.54, 1.807) is 89.9 Å². The molecule has 0 amide bonds. The average molecular weight is 1220 g/mol. The second-order valence-corrected chi connectivity index (χ2v) is 36.6. The van der Waals surface area contributed by atoms with Crippen LogP contribution in [0.3, 0.4) is 0 Å². The van der Waals surface area contributed by atoms with Crippen LogP contribution in [0.15, 0.2) is 0 Å². The molecule has 13 aliphatic carbocycles. The number of hydrogen-bond donors (Lipinski definition) is 0. The first-order chi connectivity index (χ1) is 40.9. The van der Waals surface area contributed by atoms with Gasteiger partial charge in [0.25, 0.3) is 0 Å². The lowest BCUT2D eigenvalue weighted by molar-refractivity contribution is -0.0411. The predicted molar refractivity (Wildman–Crippen MR) is 405 cm³/mol. The Kier molecular flexibility index (Phi) is 52.6. The van der Waals surface area contributed by atoms with E-state index in [-0.39, 0.29) is 0 Å². The zero-order chi connectivity index (χ0) is 66.7. The highest BCUT2D eigenvalue weighted by atomic mass is 14.5. The van der Waals surface area contributed by atoms with Gasteiger partial charge in [-0.05, 0) is 200 Å². The largest absolute Gasteiger partial charge is 0.0683 e. The van der Waals surface area contributed by atoms with E-state index in [4.69, 9.17) is 0 Å². The van der Waals surface area contributed by atoms with E-state index in [0.717, 1.165) is 94.2 Å². The third-order valence-corrected chi connectivity index (χ3v) is 22.6. The van der Waals surface area contributed by atoms with Gasteiger partial charge in [-0.1, -0.05) is 360 Å².